The van der Waals surface area contributed by atoms with Gasteiger partial charge in [-0.05, 0) is 30.7 Å². The van der Waals surface area contributed by atoms with Gasteiger partial charge in [-0.15, -0.1) is 11.3 Å². The predicted molar refractivity (Wildman–Crippen MR) is 101 cm³/mol. The highest BCUT2D eigenvalue weighted by atomic mass is 35.5. The van der Waals surface area contributed by atoms with E-state index in [-0.39, 0.29) is 17.9 Å². The van der Waals surface area contributed by atoms with Crippen LogP contribution in [0.15, 0.2) is 30.3 Å². The molecule has 0 bridgehead atoms. The molecule has 2 heterocycles. The Kier molecular flexibility index (Phi) is 6.26. The van der Waals surface area contributed by atoms with Crippen molar-refractivity contribution in [3.05, 3.63) is 51.4 Å². The molecular formula is C18H19ClN2O4S. The second-order valence-corrected chi connectivity index (χ2v) is 7.29. The Morgan fingerprint density at radius 3 is 2.81 bits per heavy atom. The molecular weight excluding hydrogens is 376 g/mol. The molecule has 6 nitrogen and oxygen atoms in total. The summed E-state index contributed by atoms with van der Waals surface area (Å²) in [5.41, 5.74) is 1.18. The molecule has 2 amide bonds. The first-order valence-corrected chi connectivity index (χ1v) is 9.38. The summed E-state index contributed by atoms with van der Waals surface area (Å²) < 4.78 is 10.8. The lowest BCUT2D eigenvalue weighted by Crippen LogP contribution is -2.39. The van der Waals surface area contributed by atoms with Crippen molar-refractivity contribution in [1.29, 1.82) is 0 Å². The van der Waals surface area contributed by atoms with Crippen molar-refractivity contribution >= 4 is 39.8 Å². The summed E-state index contributed by atoms with van der Waals surface area (Å²) in [6.45, 7) is 3.82. The third kappa shape index (κ3) is 4.62. The van der Waals surface area contributed by atoms with E-state index in [0.29, 0.717) is 46.8 Å². The summed E-state index contributed by atoms with van der Waals surface area (Å²) in [6, 6.07) is 8.59. The van der Waals surface area contributed by atoms with Gasteiger partial charge < -0.3 is 20.1 Å². The first-order chi connectivity index (χ1) is 12.5. The molecule has 0 aliphatic carbocycles. The lowest BCUT2D eigenvalue weighted by atomic mass is 10.2. The van der Waals surface area contributed by atoms with Gasteiger partial charge in [0, 0.05) is 6.54 Å². The van der Waals surface area contributed by atoms with Gasteiger partial charge in [0.2, 0.25) is 0 Å². The molecule has 1 aliphatic rings. The molecule has 0 spiro atoms. The number of carbonyl (C=O) groups excluding carboxylic acids is 2. The van der Waals surface area contributed by atoms with E-state index < -0.39 is 0 Å². The number of halogens is 1. The topological polar surface area (TPSA) is 76.7 Å². The highest BCUT2D eigenvalue weighted by molar-refractivity contribution is 7.18. The largest absolute Gasteiger partial charge is 0.376 e. The smallest absolute Gasteiger partial charge is 0.261 e. The van der Waals surface area contributed by atoms with Gasteiger partial charge in [-0.3, -0.25) is 9.59 Å². The quantitative estimate of drug-likeness (QED) is 0.816. The van der Waals surface area contributed by atoms with Gasteiger partial charge in [0.1, 0.15) is 0 Å². The summed E-state index contributed by atoms with van der Waals surface area (Å²) in [7, 11) is 0. The average molecular weight is 395 g/mol. The van der Waals surface area contributed by atoms with Gasteiger partial charge in [0.05, 0.1) is 46.4 Å². The van der Waals surface area contributed by atoms with E-state index in [2.05, 4.69) is 10.6 Å². The van der Waals surface area contributed by atoms with Crippen LogP contribution >= 0.6 is 22.9 Å². The molecule has 2 N–H and O–H groups in total. The number of anilines is 1. The third-order valence-corrected chi connectivity index (χ3v) is 5.34. The highest BCUT2D eigenvalue weighted by Gasteiger charge is 2.19. The first-order valence-electron chi connectivity index (χ1n) is 8.18. The number of aryl methyl sites for hydroxylation is 1. The fraction of sp³-hybridized carbons (Fsp3) is 0.333. The molecule has 1 unspecified atom stereocenters. The molecule has 1 aromatic heterocycles. The number of hydrogen-bond acceptors (Lipinski definition) is 5. The number of ether oxygens (including phenoxy) is 2. The number of hydrogen-bond donors (Lipinski definition) is 2. The van der Waals surface area contributed by atoms with Gasteiger partial charge in [-0.25, -0.2) is 0 Å². The van der Waals surface area contributed by atoms with Crippen LogP contribution in [0, 0.1) is 6.92 Å². The fourth-order valence-electron chi connectivity index (χ4n) is 2.53. The van der Waals surface area contributed by atoms with Crippen molar-refractivity contribution in [2.75, 3.05) is 31.7 Å². The lowest BCUT2D eigenvalue weighted by molar-refractivity contribution is -0.0855. The number of rotatable bonds is 5. The highest BCUT2D eigenvalue weighted by Crippen LogP contribution is 2.27. The van der Waals surface area contributed by atoms with Crippen LogP contribution in [0.1, 0.15) is 25.6 Å². The van der Waals surface area contributed by atoms with E-state index in [1.807, 2.05) is 6.92 Å². The maximum atomic E-state index is 12.4. The second kappa shape index (κ2) is 8.64. The summed E-state index contributed by atoms with van der Waals surface area (Å²) in [4.78, 5) is 25.3. The summed E-state index contributed by atoms with van der Waals surface area (Å²) in [5, 5.41) is 6.61. The molecule has 0 radical (unpaired) electrons. The standard InChI is InChI=1S/C18H19ClN2O4S/c1-11-8-15(21-17(22)13-4-2-3-5-14(13)19)26-16(11)18(23)20-9-12-10-24-6-7-25-12/h2-5,8,12H,6-7,9-10H2,1H3,(H,20,23)(H,21,22). The Morgan fingerprint density at radius 1 is 1.27 bits per heavy atom. The van der Waals surface area contributed by atoms with Crippen LogP contribution in [0.4, 0.5) is 5.00 Å². The predicted octanol–water partition coefficient (Wildman–Crippen LogP) is 3.11. The van der Waals surface area contributed by atoms with Crippen LogP contribution in [0.5, 0.6) is 0 Å². The van der Waals surface area contributed by atoms with Crippen LogP contribution in [-0.2, 0) is 9.47 Å². The Balaban J connectivity index is 1.62. The van der Waals surface area contributed by atoms with Crippen molar-refractivity contribution in [2.45, 2.75) is 13.0 Å². The molecule has 1 saturated heterocycles. The van der Waals surface area contributed by atoms with Crippen LogP contribution in [0.3, 0.4) is 0 Å². The molecule has 1 aliphatic heterocycles. The zero-order valence-electron chi connectivity index (χ0n) is 14.2. The number of thiophene rings is 1. The molecule has 8 heteroatoms. The zero-order valence-corrected chi connectivity index (χ0v) is 15.8. The van der Waals surface area contributed by atoms with E-state index in [4.69, 9.17) is 21.1 Å². The van der Waals surface area contributed by atoms with E-state index >= 15 is 0 Å². The van der Waals surface area contributed by atoms with Crippen LogP contribution in [0.2, 0.25) is 5.02 Å². The van der Waals surface area contributed by atoms with Crippen molar-refractivity contribution in [2.24, 2.45) is 0 Å². The molecule has 138 valence electrons. The van der Waals surface area contributed by atoms with Gasteiger partial charge in [-0.2, -0.15) is 0 Å². The van der Waals surface area contributed by atoms with Crippen LogP contribution in [0.25, 0.3) is 0 Å². The SMILES string of the molecule is Cc1cc(NC(=O)c2ccccc2Cl)sc1C(=O)NCC1COCCO1. The summed E-state index contributed by atoms with van der Waals surface area (Å²) in [5.74, 6) is -0.503. The molecule has 1 aromatic carbocycles. The minimum absolute atomic E-state index is 0.132. The Morgan fingerprint density at radius 2 is 2.08 bits per heavy atom. The monoisotopic (exact) mass is 394 g/mol. The Hall–Kier alpha value is -1.93. The van der Waals surface area contributed by atoms with Gasteiger partial charge in [-0.1, -0.05) is 23.7 Å². The van der Waals surface area contributed by atoms with E-state index in [9.17, 15) is 9.59 Å². The number of amides is 2. The molecule has 1 fully saturated rings. The van der Waals surface area contributed by atoms with Gasteiger partial charge >= 0.3 is 0 Å². The van der Waals surface area contributed by atoms with Crippen molar-refractivity contribution in [3.63, 3.8) is 0 Å². The van der Waals surface area contributed by atoms with E-state index in [0.717, 1.165) is 5.56 Å². The minimum Gasteiger partial charge on any atom is -0.376 e. The second-order valence-electron chi connectivity index (χ2n) is 5.83. The zero-order chi connectivity index (χ0) is 18.5. The van der Waals surface area contributed by atoms with Gasteiger partial charge in [0.25, 0.3) is 11.8 Å². The third-order valence-electron chi connectivity index (χ3n) is 3.85. The Bertz CT molecular complexity index is 802. The molecule has 3 rings (SSSR count). The number of nitrogens with one attached hydrogen (secondary N) is 2. The van der Waals surface area contributed by atoms with Crippen molar-refractivity contribution in [1.82, 2.24) is 5.32 Å². The lowest BCUT2D eigenvalue weighted by Gasteiger charge is -2.22. The fourth-order valence-corrected chi connectivity index (χ4v) is 3.74. The Labute approximate surface area is 160 Å². The summed E-state index contributed by atoms with van der Waals surface area (Å²) >= 11 is 7.27. The van der Waals surface area contributed by atoms with E-state index in [1.165, 1.54) is 11.3 Å². The van der Waals surface area contributed by atoms with Crippen LogP contribution in [-0.4, -0.2) is 44.3 Å². The number of benzene rings is 1. The maximum absolute atomic E-state index is 12.4. The molecule has 1 atom stereocenters. The van der Waals surface area contributed by atoms with Crippen molar-refractivity contribution < 1.29 is 19.1 Å². The van der Waals surface area contributed by atoms with Crippen LogP contribution < -0.4 is 10.6 Å². The van der Waals surface area contributed by atoms with Gasteiger partial charge in [0.15, 0.2) is 0 Å². The molecule has 26 heavy (non-hydrogen) atoms. The number of carbonyl (C=O) groups is 2. The first kappa shape index (κ1) is 18.8. The minimum atomic E-state index is -0.309. The molecule has 0 saturated carbocycles. The van der Waals surface area contributed by atoms with E-state index in [1.54, 1.807) is 30.3 Å². The van der Waals surface area contributed by atoms with Crippen molar-refractivity contribution in [3.8, 4) is 0 Å². The average Bonchev–Trinajstić information content (AvgIpc) is 3.01. The molecule has 2 aromatic rings. The summed E-state index contributed by atoms with van der Waals surface area (Å²) in [6.07, 6.45) is -0.132. The maximum Gasteiger partial charge on any atom is 0.261 e. The normalized spacial score (nSPS) is 16.9.